The minimum Gasteiger partial charge on any atom is -0.478 e. The van der Waals surface area contributed by atoms with Crippen LogP contribution in [0, 0.1) is 0 Å². The van der Waals surface area contributed by atoms with Crippen LogP contribution in [-0.4, -0.2) is 37.3 Å². The summed E-state index contributed by atoms with van der Waals surface area (Å²) in [6.45, 7) is 0.606. The van der Waals surface area contributed by atoms with Crippen molar-refractivity contribution in [3.05, 3.63) is 84.1 Å². The number of imidazole rings is 1. The summed E-state index contributed by atoms with van der Waals surface area (Å²) in [4.78, 5) is 32.4. The van der Waals surface area contributed by atoms with E-state index in [9.17, 15) is 9.59 Å². The number of carbonyl (C=O) groups excluding carboxylic acids is 1. The lowest BCUT2D eigenvalue weighted by molar-refractivity contribution is -0.113. The first-order valence-electron chi connectivity index (χ1n) is 9.21. The molecule has 2 N–H and O–H groups in total. The molecule has 2 aromatic carbocycles. The van der Waals surface area contributed by atoms with Crippen molar-refractivity contribution in [2.24, 2.45) is 0 Å². The normalized spacial score (nSPS) is 10.8. The number of carboxylic acids is 1. The molecule has 0 atom stereocenters. The van der Waals surface area contributed by atoms with Crippen molar-refractivity contribution in [2.45, 2.75) is 11.7 Å². The summed E-state index contributed by atoms with van der Waals surface area (Å²) in [7, 11) is 0. The zero-order valence-corrected chi connectivity index (χ0v) is 16.7. The molecule has 0 aliphatic rings. The summed E-state index contributed by atoms with van der Waals surface area (Å²) in [6, 6.07) is 19.8. The summed E-state index contributed by atoms with van der Waals surface area (Å²) in [5.74, 6) is -1.04. The number of carbonyl (C=O) groups is 2. The number of pyridine rings is 1. The summed E-state index contributed by atoms with van der Waals surface area (Å²) in [5, 5.41) is 12.4. The fourth-order valence-corrected chi connectivity index (χ4v) is 3.78. The maximum Gasteiger partial charge on any atom is 0.335 e. The van der Waals surface area contributed by atoms with Crippen molar-refractivity contribution < 1.29 is 14.7 Å². The van der Waals surface area contributed by atoms with Crippen molar-refractivity contribution in [1.82, 2.24) is 14.5 Å². The molecule has 1 amide bonds. The largest absolute Gasteiger partial charge is 0.478 e. The molecule has 0 saturated heterocycles. The maximum absolute atomic E-state index is 12.4. The lowest BCUT2D eigenvalue weighted by Gasteiger charge is -2.09. The minimum absolute atomic E-state index is 0.165. The van der Waals surface area contributed by atoms with Gasteiger partial charge < -0.3 is 10.4 Å². The monoisotopic (exact) mass is 418 g/mol. The molecule has 0 unspecified atom stereocenters. The number of hydrogen-bond donors (Lipinski definition) is 2. The van der Waals surface area contributed by atoms with E-state index in [2.05, 4.69) is 15.3 Å². The van der Waals surface area contributed by atoms with E-state index in [0.717, 1.165) is 16.7 Å². The van der Waals surface area contributed by atoms with Crippen LogP contribution in [0.25, 0.3) is 11.2 Å². The van der Waals surface area contributed by atoms with Gasteiger partial charge in [-0.3, -0.25) is 9.36 Å². The minimum atomic E-state index is -1.01. The fraction of sp³-hybridized carbons (Fsp3) is 0.0909. The number of amides is 1. The SMILES string of the molecule is O=C(CSc1nc2cccnc2n1Cc1ccccc1)Nc1ccc(C(=O)O)cc1. The number of benzene rings is 2. The Morgan fingerprint density at radius 3 is 2.50 bits per heavy atom. The first-order valence-corrected chi connectivity index (χ1v) is 10.2. The number of hydrogen-bond acceptors (Lipinski definition) is 5. The van der Waals surface area contributed by atoms with Crippen molar-refractivity contribution in [2.75, 3.05) is 11.1 Å². The van der Waals surface area contributed by atoms with Gasteiger partial charge in [-0.25, -0.2) is 14.8 Å². The zero-order valence-electron chi connectivity index (χ0n) is 15.9. The summed E-state index contributed by atoms with van der Waals surface area (Å²) in [5.41, 5.74) is 3.39. The highest BCUT2D eigenvalue weighted by Gasteiger charge is 2.14. The van der Waals surface area contributed by atoms with Gasteiger partial charge in [0, 0.05) is 11.9 Å². The summed E-state index contributed by atoms with van der Waals surface area (Å²) in [6.07, 6.45) is 1.73. The molecule has 2 heterocycles. The number of aromatic nitrogens is 3. The molecule has 0 bridgehead atoms. The number of nitrogens with zero attached hydrogens (tertiary/aromatic N) is 3. The number of thioether (sulfide) groups is 1. The molecule has 8 heteroatoms. The number of aromatic carboxylic acids is 1. The van der Waals surface area contributed by atoms with Gasteiger partial charge in [0.15, 0.2) is 10.8 Å². The average Bonchev–Trinajstić information content (AvgIpc) is 3.11. The number of fused-ring (bicyclic) bond motifs is 1. The number of anilines is 1. The van der Waals surface area contributed by atoms with Gasteiger partial charge in [-0.1, -0.05) is 42.1 Å². The second-order valence-corrected chi connectivity index (χ2v) is 7.47. The number of rotatable bonds is 7. The van der Waals surface area contributed by atoms with Crippen molar-refractivity contribution in [1.29, 1.82) is 0 Å². The van der Waals surface area contributed by atoms with Crippen LogP contribution in [0.15, 0.2) is 78.1 Å². The standard InChI is InChI=1S/C22H18N4O3S/c27-19(24-17-10-8-16(9-11-17)21(28)29)14-30-22-25-18-7-4-12-23-20(18)26(22)13-15-5-2-1-3-6-15/h1-12H,13-14H2,(H,24,27)(H,28,29). The maximum atomic E-state index is 12.4. The highest BCUT2D eigenvalue weighted by molar-refractivity contribution is 7.99. The first-order chi connectivity index (χ1) is 14.6. The van der Waals surface area contributed by atoms with Crippen LogP contribution in [0.4, 0.5) is 5.69 Å². The van der Waals surface area contributed by atoms with Gasteiger partial charge in [0.25, 0.3) is 0 Å². The summed E-state index contributed by atoms with van der Waals surface area (Å²) < 4.78 is 2.00. The topological polar surface area (TPSA) is 97.1 Å². The van der Waals surface area contributed by atoms with Crippen molar-refractivity contribution in [3.8, 4) is 0 Å². The van der Waals surface area contributed by atoms with Crippen LogP contribution < -0.4 is 5.32 Å². The van der Waals surface area contributed by atoms with E-state index in [1.807, 2.05) is 47.0 Å². The Kier molecular flexibility index (Phi) is 5.76. The number of carboxylic acid groups (broad SMARTS) is 1. The van der Waals surface area contributed by atoms with Crippen LogP contribution in [0.5, 0.6) is 0 Å². The Morgan fingerprint density at radius 2 is 1.77 bits per heavy atom. The molecule has 30 heavy (non-hydrogen) atoms. The Morgan fingerprint density at radius 1 is 1.00 bits per heavy atom. The van der Waals surface area contributed by atoms with E-state index in [0.29, 0.717) is 17.4 Å². The molecule has 0 fully saturated rings. The third-order valence-electron chi connectivity index (χ3n) is 4.40. The molecule has 2 aromatic heterocycles. The van der Waals surface area contributed by atoms with E-state index in [1.54, 1.807) is 18.3 Å². The Bertz CT molecular complexity index is 1190. The second kappa shape index (κ2) is 8.79. The Balaban J connectivity index is 1.48. The van der Waals surface area contributed by atoms with Gasteiger partial charge >= 0.3 is 5.97 Å². The van der Waals surface area contributed by atoms with Gasteiger partial charge in [-0.2, -0.15) is 0 Å². The molecular formula is C22H18N4O3S. The quantitative estimate of drug-likeness (QED) is 0.442. The molecule has 4 aromatic rings. The van der Waals surface area contributed by atoms with Crippen LogP contribution in [0.3, 0.4) is 0 Å². The van der Waals surface area contributed by atoms with E-state index < -0.39 is 5.97 Å². The lowest BCUT2D eigenvalue weighted by atomic mass is 10.2. The van der Waals surface area contributed by atoms with Gasteiger partial charge in [0.2, 0.25) is 5.91 Å². The molecule has 0 aliphatic carbocycles. The Labute approximate surface area is 176 Å². The van der Waals surface area contributed by atoms with Gasteiger partial charge in [-0.15, -0.1) is 0 Å². The third kappa shape index (κ3) is 4.49. The van der Waals surface area contributed by atoms with Crippen LogP contribution >= 0.6 is 11.8 Å². The average molecular weight is 418 g/mol. The predicted octanol–water partition coefficient (Wildman–Crippen LogP) is 3.91. The molecular weight excluding hydrogens is 400 g/mol. The van der Waals surface area contributed by atoms with Crippen LogP contribution in [0.1, 0.15) is 15.9 Å². The first kappa shape index (κ1) is 19.7. The molecule has 0 saturated carbocycles. The van der Waals surface area contributed by atoms with E-state index in [-0.39, 0.29) is 17.2 Å². The zero-order chi connectivity index (χ0) is 20.9. The molecule has 4 rings (SSSR count). The highest BCUT2D eigenvalue weighted by Crippen LogP contribution is 2.24. The van der Waals surface area contributed by atoms with Crippen LogP contribution in [0.2, 0.25) is 0 Å². The summed E-state index contributed by atoms with van der Waals surface area (Å²) >= 11 is 1.33. The molecule has 7 nitrogen and oxygen atoms in total. The van der Waals surface area contributed by atoms with Gasteiger partial charge in [-0.05, 0) is 42.0 Å². The lowest BCUT2D eigenvalue weighted by Crippen LogP contribution is -2.15. The van der Waals surface area contributed by atoms with E-state index in [4.69, 9.17) is 5.11 Å². The second-order valence-electron chi connectivity index (χ2n) is 6.53. The third-order valence-corrected chi connectivity index (χ3v) is 5.38. The number of nitrogens with one attached hydrogen (secondary N) is 1. The van der Waals surface area contributed by atoms with E-state index >= 15 is 0 Å². The van der Waals surface area contributed by atoms with Crippen molar-refractivity contribution >= 4 is 40.5 Å². The van der Waals surface area contributed by atoms with Gasteiger partial charge in [0.05, 0.1) is 17.9 Å². The van der Waals surface area contributed by atoms with E-state index in [1.165, 1.54) is 23.9 Å². The van der Waals surface area contributed by atoms with Crippen LogP contribution in [-0.2, 0) is 11.3 Å². The van der Waals surface area contributed by atoms with Crippen molar-refractivity contribution in [3.63, 3.8) is 0 Å². The highest BCUT2D eigenvalue weighted by atomic mass is 32.2. The fourth-order valence-electron chi connectivity index (χ4n) is 2.98. The Hall–Kier alpha value is -3.65. The van der Waals surface area contributed by atoms with Gasteiger partial charge in [0.1, 0.15) is 5.52 Å². The molecule has 0 radical (unpaired) electrons. The molecule has 0 aliphatic heterocycles. The predicted molar refractivity (Wildman–Crippen MR) is 116 cm³/mol. The smallest absolute Gasteiger partial charge is 0.335 e. The molecule has 0 spiro atoms. The molecule has 150 valence electrons.